The molecule has 2 amide bonds. The molecule has 5 heteroatoms. The van der Waals surface area contributed by atoms with Gasteiger partial charge in [-0.25, -0.2) is 0 Å². The van der Waals surface area contributed by atoms with Crippen LogP contribution in [0.25, 0.3) is 0 Å². The molecule has 3 rings (SSSR count). The van der Waals surface area contributed by atoms with Crippen molar-refractivity contribution in [3.63, 3.8) is 0 Å². The molecule has 2 heterocycles. The summed E-state index contributed by atoms with van der Waals surface area (Å²) in [5.74, 6) is 1.34. The SMILES string of the molecule is CCc1cc(C(=O)N2CCC(=O)N(CC3CC3)C(C(C)C)C2)cs1. The van der Waals surface area contributed by atoms with Crippen LogP contribution in [0.15, 0.2) is 11.4 Å². The number of hydrogen-bond donors (Lipinski definition) is 0. The molecule has 1 unspecified atom stereocenters. The van der Waals surface area contributed by atoms with Crippen molar-refractivity contribution in [1.29, 1.82) is 0 Å². The standard InChI is InChI=1S/C19H28N2O2S/c1-4-16-9-15(12-24-16)19(23)20-8-7-18(22)21(10-14-5-6-14)17(11-20)13(2)3/h9,12-14,17H,4-8,10-11H2,1-3H3. The molecule has 2 fully saturated rings. The molecule has 0 aromatic carbocycles. The Hall–Kier alpha value is -1.36. The predicted molar refractivity (Wildman–Crippen MR) is 97.3 cm³/mol. The van der Waals surface area contributed by atoms with E-state index in [0.717, 1.165) is 18.5 Å². The minimum absolute atomic E-state index is 0.0812. The normalized spacial score (nSPS) is 22.2. The van der Waals surface area contributed by atoms with Gasteiger partial charge in [0.1, 0.15) is 0 Å². The number of carbonyl (C=O) groups is 2. The summed E-state index contributed by atoms with van der Waals surface area (Å²) in [4.78, 5) is 30.7. The van der Waals surface area contributed by atoms with E-state index in [-0.39, 0.29) is 17.9 Å². The molecule has 1 saturated heterocycles. The zero-order valence-electron chi connectivity index (χ0n) is 15.0. The third-order valence-corrected chi connectivity index (χ3v) is 6.26. The van der Waals surface area contributed by atoms with E-state index in [9.17, 15) is 9.59 Å². The lowest BCUT2D eigenvalue weighted by molar-refractivity contribution is -0.133. The first kappa shape index (κ1) is 17.5. The molecule has 24 heavy (non-hydrogen) atoms. The molecule has 4 nitrogen and oxygen atoms in total. The average molecular weight is 349 g/mol. The second-order valence-corrected chi connectivity index (χ2v) is 8.45. The summed E-state index contributed by atoms with van der Waals surface area (Å²) in [5.41, 5.74) is 0.780. The topological polar surface area (TPSA) is 40.6 Å². The highest BCUT2D eigenvalue weighted by Gasteiger charge is 2.36. The molecule has 132 valence electrons. The fourth-order valence-corrected chi connectivity index (χ4v) is 4.22. The smallest absolute Gasteiger partial charge is 0.254 e. The Bertz CT molecular complexity index is 606. The highest BCUT2D eigenvalue weighted by Crippen LogP contribution is 2.32. The van der Waals surface area contributed by atoms with Gasteiger partial charge in [0.2, 0.25) is 5.91 Å². The van der Waals surface area contributed by atoms with Gasteiger partial charge in [-0.15, -0.1) is 11.3 Å². The first-order valence-electron chi connectivity index (χ1n) is 9.15. The van der Waals surface area contributed by atoms with E-state index in [4.69, 9.17) is 0 Å². The molecule has 0 N–H and O–H groups in total. The van der Waals surface area contributed by atoms with Crippen molar-refractivity contribution in [2.45, 2.75) is 52.5 Å². The van der Waals surface area contributed by atoms with E-state index >= 15 is 0 Å². The molecule has 0 bridgehead atoms. The minimum Gasteiger partial charge on any atom is -0.337 e. The van der Waals surface area contributed by atoms with Gasteiger partial charge in [-0.2, -0.15) is 0 Å². The van der Waals surface area contributed by atoms with Crippen molar-refractivity contribution in [1.82, 2.24) is 9.80 Å². The summed E-state index contributed by atoms with van der Waals surface area (Å²) >= 11 is 1.65. The summed E-state index contributed by atoms with van der Waals surface area (Å²) in [6.07, 6.45) is 3.89. The van der Waals surface area contributed by atoms with E-state index in [1.54, 1.807) is 11.3 Å². The molecule has 0 spiro atoms. The molecular weight excluding hydrogens is 320 g/mol. The highest BCUT2D eigenvalue weighted by atomic mass is 32.1. The van der Waals surface area contributed by atoms with Crippen molar-refractivity contribution in [3.8, 4) is 0 Å². The number of rotatable bonds is 5. The number of hydrogen-bond acceptors (Lipinski definition) is 3. The molecule has 1 atom stereocenters. The van der Waals surface area contributed by atoms with Gasteiger partial charge in [0.25, 0.3) is 5.91 Å². The summed E-state index contributed by atoms with van der Waals surface area (Å²) < 4.78 is 0. The second kappa shape index (κ2) is 7.26. The van der Waals surface area contributed by atoms with E-state index in [1.165, 1.54) is 17.7 Å². The van der Waals surface area contributed by atoms with Crippen LogP contribution in [0.5, 0.6) is 0 Å². The Morgan fingerprint density at radius 1 is 1.38 bits per heavy atom. The molecular formula is C19H28N2O2S. The number of thiophene rings is 1. The van der Waals surface area contributed by atoms with Crippen LogP contribution in [0.2, 0.25) is 0 Å². The van der Waals surface area contributed by atoms with Gasteiger partial charge < -0.3 is 9.80 Å². The maximum atomic E-state index is 12.9. The zero-order chi connectivity index (χ0) is 17.3. The van der Waals surface area contributed by atoms with Crippen LogP contribution in [-0.2, 0) is 11.2 Å². The van der Waals surface area contributed by atoms with Crippen molar-refractivity contribution in [2.24, 2.45) is 11.8 Å². The summed E-state index contributed by atoms with van der Waals surface area (Å²) in [6, 6.07) is 2.14. The van der Waals surface area contributed by atoms with Gasteiger partial charge >= 0.3 is 0 Å². The van der Waals surface area contributed by atoms with Crippen LogP contribution < -0.4 is 0 Å². The summed E-state index contributed by atoms with van der Waals surface area (Å²) in [6.45, 7) is 8.50. The lowest BCUT2D eigenvalue weighted by atomic mass is 10.0. The van der Waals surface area contributed by atoms with Gasteiger partial charge in [-0.1, -0.05) is 20.8 Å². The number of amides is 2. The van der Waals surface area contributed by atoms with Gasteiger partial charge in [0.15, 0.2) is 0 Å². The predicted octanol–water partition coefficient (Wildman–Crippen LogP) is 3.42. The molecule has 1 aromatic heterocycles. The van der Waals surface area contributed by atoms with Gasteiger partial charge in [0, 0.05) is 36.3 Å². The van der Waals surface area contributed by atoms with Crippen LogP contribution in [0.4, 0.5) is 0 Å². The van der Waals surface area contributed by atoms with Crippen molar-refractivity contribution >= 4 is 23.2 Å². The Morgan fingerprint density at radius 3 is 2.71 bits per heavy atom. The largest absolute Gasteiger partial charge is 0.337 e. The van der Waals surface area contributed by atoms with Crippen LogP contribution >= 0.6 is 11.3 Å². The van der Waals surface area contributed by atoms with E-state index in [0.29, 0.717) is 31.3 Å². The van der Waals surface area contributed by atoms with Crippen LogP contribution in [0.1, 0.15) is 55.3 Å². The van der Waals surface area contributed by atoms with Crippen molar-refractivity contribution in [2.75, 3.05) is 19.6 Å². The summed E-state index contributed by atoms with van der Waals surface area (Å²) in [5, 5.41) is 1.96. The van der Waals surface area contributed by atoms with Crippen molar-refractivity contribution < 1.29 is 9.59 Å². The average Bonchev–Trinajstić information content (AvgIpc) is 3.28. The number of carbonyl (C=O) groups excluding carboxylic acids is 2. The lowest BCUT2D eigenvalue weighted by Gasteiger charge is -2.34. The molecule has 2 aliphatic rings. The Balaban J connectivity index is 1.77. The number of aryl methyl sites for hydroxylation is 1. The van der Waals surface area contributed by atoms with Gasteiger partial charge in [-0.3, -0.25) is 9.59 Å². The van der Waals surface area contributed by atoms with E-state index in [2.05, 4.69) is 25.7 Å². The lowest BCUT2D eigenvalue weighted by Crippen LogP contribution is -2.48. The Kier molecular flexibility index (Phi) is 5.28. The van der Waals surface area contributed by atoms with E-state index < -0.39 is 0 Å². The Labute approximate surface area is 148 Å². The second-order valence-electron chi connectivity index (χ2n) is 7.46. The molecule has 1 saturated carbocycles. The third kappa shape index (κ3) is 3.82. The molecule has 1 aliphatic carbocycles. The highest BCUT2D eigenvalue weighted by molar-refractivity contribution is 7.10. The number of nitrogens with zero attached hydrogens (tertiary/aromatic N) is 2. The maximum Gasteiger partial charge on any atom is 0.254 e. The summed E-state index contributed by atoms with van der Waals surface area (Å²) in [7, 11) is 0. The van der Waals surface area contributed by atoms with Crippen LogP contribution in [0, 0.1) is 11.8 Å². The van der Waals surface area contributed by atoms with Crippen LogP contribution in [-0.4, -0.2) is 47.3 Å². The molecule has 1 aliphatic heterocycles. The minimum atomic E-state index is 0.0812. The van der Waals surface area contributed by atoms with Crippen LogP contribution in [0.3, 0.4) is 0 Å². The first-order valence-corrected chi connectivity index (χ1v) is 10.0. The van der Waals surface area contributed by atoms with Crippen molar-refractivity contribution in [3.05, 3.63) is 21.9 Å². The quantitative estimate of drug-likeness (QED) is 0.818. The third-order valence-electron chi connectivity index (χ3n) is 5.18. The zero-order valence-corrected chi connectivity index (χ0v) is 15.8. The molecule has 1 aromatic rings. The molecule has 0 radical (unpaired) electrons. The monoisotopic (exact) mass is 348 g/mol. The van der Waals surface area contributed by atoms with E-state index in [1.807, 2.05) is 16.3 Å². The fourth-order valence-electron chi connectivity index (χ4n) is 3.41. The first-order chi connectivity index (χ1) is 11.5. The maximum absolute atomic E-state index is 12.9. The Morgan fingerprint density at radius 2 is 2.12 bits per heavy atom. The van der Waals surface area contributed by atoms with Gasteiger partial charge in [-0.05, 0) is 37.2 Å². The van der Waals surface area contributed by atoms with Gasteiger partial charge in [0.05, 0.1) is 11.6 Å². The fraction of sp³-hybridized carbons (Fsp3) is 0.684.